The van der Waals surface area contributed by atoms with Crippen molar-refractivity contribution in [2.75, 3.05) is 13.1 Å². The number of aromatic nitrogens is 1. The molecule has 1 aromatic carbocycles. The predicted octanol–water partition coefficient (Wildman–Crippen LogP) is 4.17. The monoisotopic (exact) mass is 411 g/mol. The Balaban J connectivity index is 1.39. The summed E-state index contributed by atoms with van der Waals surface area (Å²) in [6.07, 6.45) is -2.22. The molecule has 1 aromatic heterocycles. The summed E-state index contributed by atoms with van der Waals surface area (Å²) in [6.45, 7) is 4.34. The van der Waals surface area contributed by atoms with Gasteiger partial charge in [-0.2, -0.15) is 17.5 Å². The highest BCUT2D eigenvalue weighted by Gasteiger charge is 2.40. The van der Waals surface area contributed by atoms with Crippen LogP contribution in [0.4, 0.5) is 13.2 Å². The van der Waals surface area contributed by atoms with Crippen molar-refractivity contribution >= 4 is 17.4 Å². The molecule has 2 atom stereocenters. The van der Waals surface area contributed by atoms with Gasteiger partial charge in [0.05, 0.1) is 0 Å². The van der Waals surface area contributed by atoms with E-state index in [-0.39, 0.29) is 17.8 Å². The van der Waals surface area contributed by atoms with E-state index in [1.165, 1.54) is 0 Å². The van der Waals surface area contributed by atoms with Crippen LogP contribution < -0.4 is 10.1 Å². The summed E-state index contributed by atoms with van der Waals surface area (Å²) in [5, 5.41) is 3.15. The molecule has 0 spiro atoms. The Bertz CT molecular complexity index is 843. The minimum atomic E-state index is -4.44. The Hall–Kier alpha value is -2.13. The fraction of sp³-hybridized carbons (Fsp3) is 0.474. The van der Waals surface area contributed by atoms with Gasteiger partial charge in [-0.3, -0.25) is 9.69 Å². The number of nitrogens with zero attached hydrogens (tertiary/aromatic N) is 2. The molecular weight excluding hydrogens is 391 g/mol. The van der Waals surface area contributed by atoms with Gasteiger partial charge < -0.3 is 10.1 Å². The maximum atomic E-state index is 12.6. The summed E-state index contributed by atoms with van der Waals surface area (Å²) < 4.78 is 46.9. The van der Waals surface area contributed by atoms with Gasteiger partial charge in [-0.1, -0.05) is 0 Å². The van der Waals surface area contributed by atoms with E-state index in [1.54, 1.807) is 24.3 Å². The summed E-state index contributed by atoms with van der Waals surface area (Å²) in [4.78, 5) is 14.2. The largest absolute Gasteiger partial charge is 0.438 e. The van der Waals surface area contributed by atoms with E-state index in [4.69, 9.17) is 4.74 Å². The van der Waals surface area contributed by atoms with Gasteiger partial charge in [0.1, 0.15) is 10.6 Å². The molecule has 3 aliphatic rings. The van der Waals surface area contributed by atoms with Crippen molar-refractivity contribution in [1.82, 2.24) is 14.6 Å². The summed E-state index contributed by atoms with van der Waals surface area (Å²) in [6, 6.07) is 7.65. The predicted molar refractivity (Wildman–Crippen MR) is 98.6 cm³/mol. The van der Waals surface area contributed by atoms with E-state index in [9.17, 15) is 18.0 Å². The van der Waals surface area contributed by atoms with E-state index in [0.29, 0.717) is 34.8 Å². The van der Waals surface area contributed by atoms with E-state index in [0.717, 1.165) is 32.0 Å². The van der Waals surface area contributed by atoms with Crippen molar-refractivity contribution < 1.29 is 22.7 Å². The molecule has 4 heterocycles. The highest BCUT2D eigenvalue weighted by atomic mass is 32.1. The first-order valence-corrected chi connectivity index (χ1v) is 9.95. The molecule has 150 valence electrons. The number of rotatable bonds is 4. The van der Waals surface area contributed by atoms with Crippen LogP contribution >= 0.6 is 11.5 Å². The number of carbonyl (C=O) groups excluding carboxylic acids is 1. The minimum absolute atomic E-state index is 0.115. The van der Waals surface area contributed by atoms with E-state index in [2.05, 4.69) is 21.5 Å². The molecule has 5 nitrogen and oxygen atoms in total. The first kappa shape index (κ1) is 19.2. The third kappa shape index (κ3) is 3.86. The number of halogens is 3. The SMILES string of the molecule is C[C@H]1[C@H](NC(=O)c2ccc(Oc3cc(C(F)(F)F)sn3)cc2)C2CCN1CC2. The number of ether oxygens (including phenoxy) is 1. The van der Waals surface area contributed by atoms with Crippen molar-refractivity contribution in [2.45, 2.75) is 38.0 Å². The summed E-state index contributed by atoms with van der Waals surface area (Å²) >= 11 is 0.341. The first-order chi connectivity index (χ1) is 13.3. The average Bonchev–Trinajstić information content (AvgIpc) is 3.14. The molecule has 1 amide bonds. The van der Waals surface area contributed by atoms with Crippen LogP contribution in [0.3, 0.4) is 0 Å². The maximum absolute atomic E-state index is 12.6. The maximum Gasteiger partial charge on any atom is 0.427 e. The van der Waals surface area contributed by atoms with Crippen molar-refractivity contribution in [3.63, 3.8) is 0 Å². The number of hydrogen-bond acceptors (Lipinski definition) is 5. The second-order valence-corrected chi connectivity index (χ2v) is 8.07. The lowest BCUT2D eigenvalue weighted by Gasteiger charge is -2.49. The van der Waals surface area contributed by atoms with Crippen LogP contribution in [0.1, 0.15) is 35.0 Å². The van der Waals surface area contributed by atoms with Gasteiger partial charge in [-0.25, -0.2) is 0 Å². The number of alkyl halides is 3. The molecule has 0 aliphatic carbocycles. The smallest absolute Gasteiger partial charge is 0.427 e. The third-order valence-electron chi connectivity index (χ3n) is 5.58. The lowest BCUT2D eigenvalue weighted by atomic mass is 9.79. The molecule has 9 heteroatoms. The van der Waals surface area contributed by atoms with Gasteiger partial charge in [0, 0.05) is 23.7 Å². The zero-order valence-electron chi connectivity index (χ0n) is 15.2. The zero-order chi connectivity index (χ0) is 19.9. The van der Waals surface area contributed by atoms with Crippen LogP contribution in [0.5, 0.6) is 11.6 Å². The molecule has 3 aliphatic heterocycles. The number of benzene rings is 1. The Morgan fingerprint density at radius 3 is 2.50 bits per heavy atom. The van der Waals surface area contributed by atoms with Crippen molar-refractivity contribution in [3.05, 3.63) is 40.8 Å². The van der Waals surface area contributed by atoms with Crippen LogP contribution in [0.2, 0.25) is 0 Å². The van der Waals surface area contributed by atoms with E-state index < -0.39 is 11.1 Å². The van der Waals surface area contributed by atoms with Gasteiger partial charge in [-0.05, 0) is 74.6 Å². The molecule has 0 radical (unpaired) electrons. The number of fused-ring (bicyclic) bond motifs is 3. The minimum Gasteiger partial charge on any atom is -0.438 e. The highest BCUT2D eigenvalue weighted by molar-refractivity contribution is 7.06. The number of hydrogen-bond donors (Lipinski definition) is 1. The van der Waals surface area contributed by atoms with Crippen LogP contribution in [-0.2, 0) is 6.18 Å². The van der Waals surface area contributed by atoms with Gasteiger partial charge in [0.2, 0.25) is 5.88 Å². The lowest BCUT2D eigenvalue weighted by molar-refractivity contribution is -0.134. The quantitative estimate of drug-likeness (QED) is 0.821. The second kappa shape index (κ2) is 7.36. The molecule has 0 unspecified atom stereocenters. The average molecular weight is 411 g/mol. The summed E-state index contributed by atoms with van der Waals surface area (Å²) in [7, 11) is 0. The first-order valence-electron chi connectivity index (χ1n) is 9.18. The molecule has 3 saturated heterocycles. The fourth-order valence-electron chi connectivity index (χ4n) is 4.02. The lowest BCUT2D eigenvalue weighted by Crippen LogP contribution is -2.62. The van der Waals surface area contributed by atoms with Crippen LogP contribution in [0.25, 0.3) is 0 Å². The summed E-state index contributed by atoms with van der Waals surface area (Å²) in [5.74, 6) is 0.576. The topological polar surface area (TPSA) is 54.5 Å². The van der Waals surface area contributed by atoms with E-state index in [1.807, 2.05) is 0 Å². The fourth-order valence-corrected chi connectivity index (χ4v) is 4.55. The summed E-state index contributed by atoms with van der Waals surface area (Å²) in [5.41, 5.74) is 0.491. The van der Waals surface area contributed by atoms with Crippen LogP contribution in [-0.4, -0.2) is 40.4 Å². The van der Waals surface area contributed by atoms with Gasteiger partial charge in [-0.15, -0.1) is 0 Å². The number of nitrogens with one attached hydrogen (secondary N) is 1. The standard InChI is InChI=1S/C19H20F3N3O2S/c1-11-17(12-6-8-25(11)9-7-12)23-18(26)13-2-4-14(5-3-13)27-16-10-15(28-24-16)19(20,21)22/h2-5,10-12,17H,6-9H2,1H3,(H,23,26)/t11-,17-/m0/s1. The molecule has 1 N–H and O–H groups in total. The Kier molecular flexibility index (Phi) is 5.05. The highest BCUT2D eigenvalue weighted by Crippen LogP contribution is 2.36. The third-order valence-corrected chi connectivity index (χ3v) is 6.40. The Morgan fingerprint density at radius 1 is 1.25 bits per heavy atom. The molecule has 2 aromatic rings. The molecular formula is C19H20F3N3O2S. The molecule has 0 saturated carbocycles. The van der Waals surface area contributed by atoms with Crippen LogP contribution in [0, 0.1) is 5.92 Å². The second-order valence-electron chi connectivity index (χ2n) is 7.27. The van der Waals surface area contributed by atoms with Crippen molar-refractivity contribution in [1.29, 1.82) is 0 Å². The zero-order valence-corrected chi connectivity index (χ0v) is 16.0. The van der Waals surface area contributed by atoms with Gasteiger partial charge >= 0.3 is 6.18 Å². The van der Waals surface area contributed by atoms with Gasteiger partial charge in [0.15, 0.2) is 0 Å². The Morgan fingerprint density at radius 2 is 1.93 bits per heavy atom. The number of amides is 1. The molecule has 28 heavy (non-hydrogen) atoms. The van der Waals surface area contributed by atoms with E-state index >= 15 is 0 Å². The van der Waals surface area contributed by atoms with Crippen molar-refractivity contribution in [3.8, 4) is 11.6 Å². The number of piperidine rings is 3. The number of carbonyl (C=O) groups is 1. The Labute approximate surface area is 164 Å². The van der Waals surface area contributed by atoms with Crippen molar-refractivity contribution in [2.24, 2.45) is 5.92 Å². The molecule has 5 rings (SSSR count). The molecule has 3 fully saturated rings. The van der Waals surface area contributed by atoms with Gasteiger partial charge in [0.25, 0.3) is 5.91 Å². The van der Waals surface area contributed by atoms with Crippen LogP contribution in [0.15, 0.2) is 30.3 Å². The molecule has 2 bridgehead atoms. The normalized spacial score (nSPS) is 26.9.